The van der Waals surface area contributed by atoms with Crippen LogP contribution in [0.15, 0.2) is 11.3 Å². The van der Waals surface area contributed by atoms with Crippen molar-refractivity contribution in [2.45, 2.75) is 6.42 Å². The van der Waals surface area contributed by atoms with Crippen LogP contribution in [0.3, 0.4) is 0 Å². The van der Waals surface area contributed by atoms with Crippen molar-refractivity contribution in [3.63, 3.8) is 0 Å². The summed E-state index contributed by atoms with van der Waals surface area (Å²) in [5.41, 5.74) is 0.106. The molecule has 84 valence electrons. The molecule has 0 unspecified atom stereocenters. The van der Waals surface area contributed by atoms with Crippen LogP contribution in [0.2, 0.25) is 0 Å². The first-order valence-corrected chi connectivity index (χ1v) is 4.42. The van der Waals surface area contributed by atoms with Gasteiger partial charge in [-0.1, -0.05) is 0 Å². The predicted molar refractivity (Wildman–Crippen MR) is 50.3 cm³/mol. The number of esters is 1. The summed E-state index contributed by atoms with van der Waals surface area (Å²) in [5.74, 6) is -0.650. The van der Waals surface area contributed by atoms with Crippen LogP contribution in [0, 0.1) is 0 Å². The highest BCUT2D eigenvalue weighted by molar-refractivity contribution is 5.90. The highest BCUT2D eigenvalue weighted by atomic mass is 16.5. The number of aliphatic hydroxyl groups excluding tert-OH is 1. The van der Waals surface area contributed by atoms with Gasteiger partial charge in [-0.25, -0.2) is 9.59 Å². The Kier molecular flexibility index (Phi) is 3.54. The normalized spacial score (nSPS) is 16.3. The van der Waals surface area contributed by atoms with Crippen LogP contribution >= 0.6 is 0 Å². The van der Waals surface area contributed by atoms with E-state index in [-0.39, 0.29) is 24.3 Å². The number of aliphatic hydroxyl groups is 1. The van der Waals surface area contributed by atoms with Gasteiger partial charge in [-0.05, 0) is 0 Å². The Morgan fingerprint density at radius 1 is 1.33 bits per heavy atom. The highest BCUT2D eigenvalue weighted by Gasteiger charge is 2.27. The molecule has 0 aromatic heterocycles. The van der Waals surface area contributed by atoms with E-state index in [1.165, 1.54) is 19.1 Å². The Labute approximate surface area is 87.1 Å². The largest absolute Gasteiger partial charge is 0.512 e. The quantitative estimate of drug-likeness (QED) is 0.642. The summed E-state index contributed by atoms with van der Waals surface area (Å²) in [6.07, 6.45) is -0.289. The topological polar surface area (TPSA) is 76.1 Å². The summed E-state index contributed by atoms with van der Waals surface area (Å²) < 4.78 is 9.00. The van der Waals surface area contributed by atoms with Crippen molar-refractivity contribution in [2.24, 2.45) is 0 Å². The first kappa shape index (κ1) is 11.4. The number of ether oxygens (including phenoxy) is 2. The lowest BCUT2D eigenvalue weighted by molar-refractivity contribution is -0.136. The smallest absolute Gasteiger partial charge is 0.409 e. The van der Waals surface area contributed by atoms with Crippen molar-refractivity contribution >= 4 is 12.1 Å². The molecule has 0 saturated carbocycles. The van der Waals surface area contributed by atoms with Crippen LogP contribution in [-0.2, 0) is 14.3 Å². The second-order valence-corrected chi connectivity index (χ2v) is 3.06. The molecular weight excluding hydrogens is 202 g/mol. The highest BCUT2D eigenvalue weighted by Crippen LogP contribution is 2.17. The monoisotopic (exact) mass is 215 g/mol. The van der Waals surface area contributed by atoms with Crippen LogP contribution in [0.1, 0.15) is 6.42 Å². The SMILES string of the molecule is COC(=O)C1=C(O)CCN(C(=O)OC)C1. The third-order valence-electron chi connectivity index (χ3n) is 2.18. The lowest BCUT2D eigenvalue weighted by atomic mass is 10.1. The lowest BCUT2D eigenvalue weighted by Gasteiger charge is -2.26. The zero-order chi connectivity index (χ0) is 11.4. The number of hydrogen-bond acceptors (Lipinski definition) is 5. The fourth-order valence-corrected chi connectivity index (χ4v) is 1.34. The molecule has 0 bridgehead atoms. The first-order valence-electron chi connectivity index (χ1n) is 4.42. The van der Waals surface area contributed by atoms with Crippen molar-refractivity contribution in [3.05, 3.63) is 11.3 Å². The molecule has 0 saturated heterocycles. The molecule has 0 fully saturated rings. The van der Waals surface area contributed by atoms with Crippen LogP contribution in [-0.4, -0.2) is 49.4 Å². The van der Waals surface area contributed by atoms with E-state index in [2.05, 4.69) is 9.47 Å². The van der Waals surface area contributed by atoms with Gasteiger partial charge in [0, 0.05) is 13.0 Å². The summed E-state index contributed by atoms with van der Waals surface area (Å²) in [4.78, 5) is 23.7. The van der Waals surface area contributed by atoms with E-state index in [0.717, 1.165) is 0 Å². The van der Waals surface area contributed by atoms with E-state index in [1.807, 2.05) is 0 Å². The molecule has 15 heavy (non-hydrogen) atoms. The van der Waals surface area contributed by atoms with Gasteiger partial charge in [0.25, 0.3) is 0 Å². The molecule has 0 atom stereocenters. The van der Waals surface area contributed by atoms with Crippen molar-refractivity contribution in [3.8, 4) is 0 Å². The van der Waals surface area contributed by atoms with Crippen LogP contribution in [0.4, 0.5) is 4.79 Å². The van der Waals surface area contributed by atoms with E-state index in [0.29, 0.717) is 6.54 Å². The average molecular weight is 215 g/mol. The minimum absolute atomic E-state index is 0.0190. The van der Waals surface area contributed by atoms with Crippen molar-refractivity contribution in [1.29, 1.82) is 0 Å². The molecule has 0 aliphatic carbocycles. The van der Waals surface area contributed by atoms with Gasteiger partial charge in [-0.15, -0.1) is 0 Å². The molecule has 0 spiro atoms. The molecule has 1 rings (SSSR count). The van der Waals surface area contributed by atoms with Gasteiger partial charge in [0.15, 0.2) is 0 Å². The second kappa shape index (κ2) is 4.68. The van der Waals surface area contributed by atoms with Crippen LogP contribution in [0.5, 0.6) is 0 Å². The maximum Gasteiger partial charge on any atom is 0.409 e. The molecule has 6 heteroatoms. The lowest BCUT2D eigenvalue weighted by Crippen LogP contribution is -2.38. The molecule has 1 heterocycles. The zero-order valence-corrected chi connectivity index (χ0v) is 8.65. The third kappa shape index (κ3) is 2.39. The standard InChI is InChI=1S/C9H13NO5/c1-14-8(12)6-5-10(9(13)15-2)4-3-7(6)11/h11H,3-5H2,1-2H3. The molecule has 1 aliphatic rings. The number of rotatable bonds is 1. The van der Waals surface area contributed by atoms with Crippen molar-refractivity contribution in [1.82, 2.24) is 4.90 Å². The second-order valence-electron chi connectivity index (χ2n) is 3.06. The minimum atomic E-state index is -0.624. The molecule has 0 radical (unpaired) electrons. The predicted octanol–water partition coefficient (Wildman–Crippen LogP) is 0.444. The van der Waals surface area contributed by atoms with Gasteiger partial charge in [-0.2, -0.15) is 0 Å². The van der Waals surface area contributed by atoms with Crippen molar-refractivity contribution < 1.29 is 24.2 Å². The number of nitrogens with zero attached hydrogens (tertiary/aromatic N) is 1. The van der Waals surface area contributed by atoms with Gasteiger partial charge in [0.05, 0.1) is 26.3 Å². The summed E-state index contributed by atoms with van der Waals surface area (Å²) in [7, 11) is 2.48. The first-order chi connectivity index (χ1) is 7.10. The zero-order valence-electron chi connectivity index (χ0n) is 8.65. The molecule has 6 nitrogen and oxygen atoms in total. The van der Waals surface area contributed by atoms with Crippen molar-refractivity contribution in [2.75, 3.05) is 27.3 Å². The number of carbonyl (C=O) groups excluding carboxylic acids is 2. The van der Waals surface area contributed by atoms with Crippen LogP contribution < -0.4 is 0 Å². The van der Waals surface area contributed by atoms with Crippen LogP contribution in [0.25, 0.3) is 0 Å². The summed E-state index contributed by atoms with van der Waals surface area (Å²) >= 11 is 0. The summed E-state index contributed by atoms with van der Waals surface area (Å²) in [5, 5.41) is 9.44. The Morgan fingerprint density at radius 2 is 2.00 bits per heavy atom. The Morgan fingerprint density at radius 3 is 2.53 bits per heavy atom. The molecule has 0 aromatic carbocycles. The Balaban J connectivity index is 2.78. The van der Waals surface area contributed by atoms with E-state index >= 15 is 0 Å². The van der Waals surface area contributed by atoms with Gasteiger partial charge >= 0.3 is 12.1 Å². The maximum absolute atomic E-state index is 11.2. The molecule has 0 aromatic rings. The van der Waals surface area contributed by atoms with E-state index in [4.69, 9.17) is 0 Å². The Bertz CT molecular complexity index is 310. The van der Waals surface area contributed by atoms with Gasteiger partial charge in [-0.3, -0.25) is 0 Å². The molecular formula is C9H13NO5. The number of hydrogen-bond donors (Lipinski definition) is 1. The number of methoxy groups -OCH3 is 2. The third-order valence-corrected chi connectivity index (χ3v) is 2.18. The molecule has 1 aliphatic heterocycles. The Hall–Kier alpha value is -1.72. The summed E-state index contributed by atoms with van der Waals surface area (Å²) in [6.45, 7) is 0.351. The fraction of sp³-hybridized carbons (Fsp3) is 0.556. The fourth-order valence-electron chi connectivity index (χ4n) is 1.34. The van der Waals surface area contributed by atoms with E-state index < -0.39 is 12.1 Å². The molecule has 1 N–H and O–H groups in total. The minimum Gasteiger partial charge on any atom is -0.512 e. The average Bonchev–Trinajstić information content (AvgIpc) is 2.27. The number of carbonyl (C=O) groups is 2. The number of amides is 1. The van der Waals surface area contributed by atoms with Gasteiger partial charge in [0.2, 0.25) is 0 Å². The van der Waals surface area contributed by atoms with Gasteiger partial charge in [0.1, 0.15) is 5.76 Å². The van der Waals surface area contributed by atoms with E-state index in [9.17, 15) is 14.7 Å². The molecule has 1 amide bonds. The van der Waals surface area contributed by atoms with Gasteiger partial charge < -0.3 is 19.5 Å². The van der Waals surface area contributed by atoms with E-state index in [1.54, 1.807) is 0 Å². The maximum atomic E-state index is 11.2. The summed E-state index contributed by atoms with van der Waals surface area (Å²) in [6, 6.07) is 0.